The second-order valence-electron chi connectivity index (χ2n) is 8.47. The van der Waals surface area contributed by atoms with E-state index in [1.807, 2.05) is 37.1 Å². The average molecular weight is 434 g/mol. The number of pyridine rings is 1. The van der Waals surface area contributed by atoms with Gasteiger partial charge in [0.15, 0.2) is 0 Å². The lowest BCUT2D eigenvalue weighted by molar-refractivity contribution is -0.135. The Hall–Kier alpha value is -3.09. The molecule has 1 atom stereocenters. The molecule has 0 bridgehead atoms. The van der Waals surface area contributed by atoms with E-state index >= 15 is 0 Å². The van der Waals surface area contributed by atoms with Crippen molar-refractivity contribution < 1.29 is 9.32 Å². The van der Waals surface area contributed by atoms with Crippen molar-refractivity contribution in [3.63, 3.8) is 0 Å². The van der Waals surface area contributed by atoms with Gasteiger partial charge >= 0.3 is 0 Å². The average Bonchev–Trinajstić information content (AvgIpc) is 3.15. The van der Waals surface area contributed by atoms with Crippen LogP contribution in [0.5, 0.6) is 0 Å². The van der Waals surface area contributed by atoms with Crippen LogP contribution in [0.15, 0.2) is 35.2 Å². The highest BCUT2D eigenvalue weighted by Gasteiger charge is 2.31. The van der Waals surface area contributed by atoms with Gasteiger partial charge in [0.2, 0.25) is 5.91 Å². The SMILES string of the molecule is CCCc1ncc(-c2ccncc2)c([C@H]2CCCCN2C(=O)CCc2c(C)noc2C)n1. The lowest BCUT2D eigenvalue weighted by Gasteiger charge is -2.36. The zero-order valence-corrected chi connectivity index (χ0v) is 19.2. The first-order valence-electron chi connectivity index (χ1n) is 11.6. The molecule has 32 heavy (non-hydrogen) atoms. The van der Waals surface area contributed by atoms with Gasteiger partial charge in [-0.3, -0.25) is 9.78 Å². The summed E-state index contributed by atoms with van der Waals surface area (Å²) in [5.74, 6) is 1.80. The molecule has 1 aliphatic rings. The molecule has 0 saturated carbocycles. The molecule has 0 aromatic carbocycles. The molecule has 4 rings (SSSR count). The second kappa shape index (κ2) is 10.0. The Bertz CT molecular complexity index is 1040. The maximum absolute atomic E-state index is 13.4. The lowest BCUT2D eigenvalue weighted by atomic mass is 9.93. The molecular weight excluding hydrogens is 402 g/mol. The molecule has 3 aromatic heterocycles. The zero-order chi connectivity index (χ0) is 22.5. The smallest absolute Gasteiger partial charge is 0.223 e. The summed E-state index contributed by atoms with van der Waals surface area (Å²) in [6, 6.07) is 3.92. The molecule has 1 saturated heterocycles. The Morgan fingerprint density at radius 3 is 2.72 bits per heavy atom. The standard InChI is InChI=1S/C25H31N5O2/c1-4-7-23-27-16-21(19-11-13-26-14-12-19)25(28-23)22-8-5-6-15-30(22)24(31)10-9-20-17(2)29-32-18(20)3/h11-14,16,22H,4-10,15H2,1-3H3/t22-/m1/s1. The number of carbonyl (C=O) groups excluding carboxylic acids is 1. The molecule has 1 fully saturated rings. The van der Waals surface area contributed by atoms with Crippen molar-refractivity contribution in [3.05, 3.63) is 59.3 Å². The van der Waals surface area contributed by atoms with Crippen molar-refractivity contribution in [3.8, 4) is 11.1 Å². The van der Waals surface area contributed by atoms with Crippen LogP contribution in [0, 0.1) is 13.8 Å². The number of likely N-dealkylation sites (tertiary alicyclic amines) is 1. The third-order valence-corrected chi connectivity index (χ3v) is 6.24. The molecule has 0 spiro atoms. The van der Waals surface area contributed by atoms with E-state index in [1.165, 1.54) is 0 Å². The molecule has 0 radical (unpaired) electrons. The number of aryl methyl sites for hydroxylation is 3. The van der Waals surface area contributed by atoms with E-state index in [0.717, 1.165) is 78.3 Å². The largest absolute Gasteiger partial charge is 0.361 e. The lowest BCUT2D eigenvalue weighted by Crippen LogP contribution is -2.39. The van der Waals surface area contributed by atoms with Crippen LogP contribution in [0.4, 0.5) is 0 Å². The van der Waals surface area contributed by atoms with E-state index in [-0.39, 0.29) is 11.9 Å². The molecule has 3 aromatic rings. The first-order valence-corrected chi connectivity index (χ1v) is 11.6. The van der Waals surface area contributed by atoms with Crippen molar-refractivity contribution >= 4 is 5.91 Å². The maximum atomic E-state index is 13.4. The molecule has 7 nitrogen and oxygen atoms in total. The highest BCUT2D eigenvalue weighted by Crippen LogP contribution is 2.36. The molecule has 1 aliphatic heterocycles. The number of piperidine rings is 1. The van der Waals surface area contributed by atoms with Crippen molar-refractivity contribution in [1.82, 2.24) is 25.0 Å². The molecule has 168 valence electrons. The Balaban J connectivity index is 1.64. The van der Waals surface area contributed by atoms with Crippen LogP contribution in [0.1, 0.15) is 73.6 Å². The van der Waals surface area contributed by atoms with Crippen molar-refractivity contribution in [1.29, 1.82) is 0 Å². The van der Waals surface area contributed by atoms with Crippen LogP contribution in [0.25, 0.3) is 11.1 Å². The summed E-state index contributed by atoms with van der Waals surface area (Å²) in [6.45, 7) is 6.72. The third-order valence-electron chi connectivity index (χ3n) is 6.24. The normalized spacial score (nSPS) is 16.3. The Morgan fingerprint density at radius 1 is 1.19 bits per heavy atom. The van der Waals surface area contributed by atoms with Gasteiger partial charge in [0.1, 0.15) is 11.6 Å². The minimum absolute atomic E-state index is 0.0392. The quantitative estimate of drug-likeness (QED) is 0.533. The number of rotatable bonds is 7. The van der Waals surface area contributed by atoms with Crippen molar-refractivity contribution in [2.75, 3.05) is 6.54 Å². The minimum Gasteiger partial charge on any atom is -0.361 e. The number of aromatic nitrogens is 4. The van der Waals surface area contributed by atoms with E-state index in [1.54, 1.807) is 12.4 Å². The van der Waals surface area contributed by atoms with E-state index in [2.05, 4.69) is 22.0 Å². The first-order chi connectivity index (χ1) is 15.6. The van der Waals surface area contributed by atoms with Gasteiger partial charge in [-0.15, -0.1) is 0 Å². The summed E-state index contributed by atoms with van der Waals surface area (Å²) in [5.41, 5.74) is 4.89. The Kier molecular flexibility index (Phi) is 6.93. The van der Waals surface area contributed by atoms with Crippen LogP contribution in [-0.4, -0.2) is 37.5 Å². The molecular formula is C25H31N5O2. The minimum atomic E-state index is -0.0392. The van der Waals surface area contributed by atoms with Gasteiger partial charge in [-0.1, -0.05) is 12.1 Å². The fourth-order valence-corrected chi connectivity index (χ4v) is 4.53. The van der Waals surface area contributed by atoms with E-state index in [4.69, 9.17) is 9.51 Å². The monoisotopic (exact) mass is 433 g/mol. The summed E-state index contributed by atoms with van der Waals surface area (Å²) >= 11 is 0. The predicted octanol–water partition coefficient (Wildman–Crippen LogP) is 4.78. The summed E-state index contributed by atoms with van der Waals surface area (Å²) in [4.78, 5) is 29.2. The van der Waals surface area contributed by atoms with Gasteiger partial charge in [0.25, 0.3) is 0 Å². The van der Waals surface area contributed by atoms with Crippen LogP contribution in [0.3, 0.4) is 0 Å². The summed E-state index contributed by atoms with van der Waals surface area (Å²) in [6.07, 6.45) is 11.4. The molecule has 0 unspecified atom stereocenters. The topological polar surface area (TPSA) is 85.0 Å². The van der Waals surface area contributed by atoms with Crippen LogP contribution >= 0.6 is 0 Å². The number of hydrogen-bond donors (Lipinski definition) is 0. The fourth-order valence-electron chi connectivity index (χ4n) is 4.53. The number of nitrogens with zero attached hydrogens (tertiary/aromatic N) is 5. The molecule has 4 heterocycles. The summed E-state index contributed by atoms with van der Waals surface area (Å²) in [7, 11) is 0. The number of hydrogen-bond acceptors (Lipinski definition) is 6. The predicted molar refractivity (Wildman–Crippen MR) is 122 cm³/mol. The van der Waals surface area contributed by atoms with Crippen molar-refractivity contribution in [2.45, 2.75) is 71.8 Å². The van der Waals surface area contributed by atoms with Gasteiger partial charge in [-0.25, -0.2) is 9.97 Å². The van der Waals surface area contributed by atoms with Crippen LogP contribution in [-0.2, 0) is 17.6 Å². The van der Waals surface area contributed by atoms with Gasteiger partial charge in [-0.05, 0) is 63.6 Å². The van der Waals surface area contributed by atoms with E-state index < -0.39 is 0 Å². The Morgan fingerprint density at radius 2 is 2.00 bits per heavy atom. The highest BCUT2D eigenvalue weighted by atomic mass is 16.5. The zero-order valence-electron chi connectivity index (χ0n) is 19.2. The van der Waals surface area contributed by atoms with Crippen molar-refractivity contribution in [2.24, 2.45) is 0 Å². The van der Waals surface area contributed by atoms with Crippen LogP contribution < -0.4 is 0 Å². The van der Waals surface area contributed by atoms with E-state index in [9.17, 15) is 4.79 Å². The third kappa shape index (κ3) is 4.71. The fraction of sp³-hybridized carbons (Fsp3) is 0.480. The maximum Gasteiger partial charge on any atom is 0.223 e. The highest BCUT2D eigenvalue weighted by molar-refractivity contribution is 5.78. The molecule has 0 aliphatic carbocycles. The molecule has 7 heteroatoms. The van der Waals surface area contributed by atoms with Gasteiger partial charge in [0, 0.05) is 49.1 Å². The van der Waals surface area contributed by atoms with Gasteiger partial charge in [0.05, 0.1) is 17.4 Å². The first kappa shape index (κ1) is 22.1. The summed E-state index contributed by atoms with van der Waals surface area (Å²) < 4.78 is 5.27. The number of amides is 1. The van der Waals surface area contributed by atoms with E-state index in [0.29, 0.717) is 12.8 Å². The van der Waals surface area contributed by atoms with Crippen LogP contribution in [0.2, 0.25) is 0 Å². The molecule has 1 amide bonds. The second-order valence-corrected chi connectivity index (χ2v) is 8.47. The Labute approximate surface area is 189 Å². The van der Waals surface area contributed by atoms with Gasteiger partial charge < -0.3 is 9.42 Å². The van der Waals surface area contributed by atoms with Gasteiger partial charge in [-0.2, -0.15) is 0 Å². The number of carbonyl (C=O) groups is 1. The molecule has 0 N–H and O–H groups in total. The summed E-state index contributed by atoms with van der Waals surface area (Å²) in [5, 5.41) is 4.02.